The maximum Gasteiger partial charge on any atom is 0.246 e. The first kappa shape index (κ1) is 15.4. The summed E-state index contributed by atoms with van der Waals surface area (Å²) in [6.45, 7) is 6.65. The molecule has 0 aromatic carbocycles. The Hall–Kier alpha value is -0.960. The van der Waals surface area contributed by atoms with Gasteiger partial charge >= 0.3 is 0 Å². The number of ether oxygens (including phenoxy) is 1. The minimum absolute atomic E-state index is 0.103. The van der Waals surface area contributed by atoms with Crippen molar-refractivity contribution in [3.8, 4) is 0 Å². The molecule has 0 bridgehead atoms. The highest BCUT2D eigenvalue weighted by molar-refractivity contribution is 7.89. The van der Waals surface area contributed by atoms with Crippen LogP contribution in [0.15, 0.2) is 4.90 Å². The zero-order valence-electron chi connectivity index (χ0n) is 12.3. The van der Waals surface area contributed by atoms with Crippen molar-refractivity contribution in [2.45, 2.75) is 44.4 Å². The number of sulfonamides is 1. The van der Waals surface area contributed by atoms with Gasteiger partial charge in [-0.3, -0.25) is 5.10 Å². The number of hydrogen-bond donors (Lipinski definition) is 2. The average Bonchev–Trinajstić information content (AvgIpc) is 2.70. The quantitative estimate of drug-likeness (QED) is 0.831. The minimum Gasteiger partial charge on any atom is -0.373 e. The summed E-state index contributed by atoms with van der Waals surface area (Å²) in [7, 11) is -1.79. The van der Waals surface area contributed by atoms with Crippen molar-refractivity contribution in [3.63, 3.8) is 0 Å². The molecule has 1 aliphatic rings. The number of morpholine rings is 1. The van der Waals surface area contributed by atoms with Crippen LogP contribution < -0.4 is 5.32 Å². The SMILES string of the molecule is CNCc1n[nH]c(C)c1S(=O)(=O)N1CC(C)OC(C)C1. The number of aromatic amines is 1. The van der Waals surface area contributed by atoms with Crippen molar-refractivity contribution < 1.29 is 13.2 Å². The Balaban J connectivity index is 2.37. The Morgan fingerprint density at radius 2 is 2.00 bits per heavy atom. The van der Waals surface area contributed by atoms with E-state index in [0.717, 1.165) is 0 Å². The van der Waals surface area contributed by atoms with Crippen molar-refractivity contribution in [1.29, 1.82) is 0 Å². The molecule has 7 nitrogen and oxygen atoms in total. The highest BCUT2D eigenvalue weighted by Gasteiger charge is 2.35. The number of aromatic nitrogens is 2. The normalized spacial score (nSPS) is 25.0. The second kappa shape index (κ2) is 5.80. The Morgan fingerprint density at radius 1 is 1.40 bits per heavy atom. The van der Waals surface area contributed by atoms with Gasteiger partial charge in [0.15, 0.2) is 0 Å². The summed E-state index contributed by atoms with van der Waals surface area (Å²) in [6.07, 6.45) is -0.207. The maximum atomic E-state index is 12.8. The molecule has 2 heterocycles. The predicted molar refractivity (Wildman–Crippen MR) is 74.9 cm³/mol. The van der Waals surface area contributed by atoms with E-state index in [1.807, 2.05) is 13.8 Å². The van der Waals surface area contributed by atoms with Gasteiger partial charge in [0.1, 0.15) is 4.90 Å². The summed E-state index contributed by atoms with van der Waals surface area (Å²) in [5, 5.41) is 9.78. The first-order chi connectivity index (χ1) is 9.36. The van der Waals surface area contributed by atoms with Crippen LogP contribution >= 0.6 is 0 Å². The molecule has 1 aromatic heterocycles. The average molecular weight is 302 g/mol. The standard InChI is InChI=1S/C12H22N4O3S/c1-8-6-16(7-9(2)19-8)20(17,18)12-10(3)14-15-11(12)5-13-4/h8-9,13H,5-7H2,1-4H3,(H,14,15). The molecule has 2 atom stereocenters. The molecule has 2 N–H and O–H groups in total. The second-order valence-electron chi connectivity index (χ2n) is 5.23. The van der Waals surface area contributed by atoms with E-state index in [1.165, 1.54) is 4.31 Å². The largest absolute Gasteiger partial charge is 0.373 e. The van der Waals surface area contributed by atoms with E-state index in [0.29, 0.717) is 31.0 Å². The van der Waals surface area contributed by atoms with Crippen molar-refractivity contribution >= 4 is 10.0 Å². The molecular weight excluding hydrogens is 280 g/mol. The minimum atomic E-state index is -3.55. The molecule has 1 aromatic rings. The molecule has 0 saturated carbocycles. The summed E-state index contributed by atoms with van der Waals surface area (Å²) in [5.74, 6) is 0. The van der Waals surface area contributed by atoms with Crippen LogP contribution in [0.1, 0.15) is 25.2 Å². The van der Waals surface area contributed by atoms with Gasteiger partial charge in [-0.2, -0.15) is 9.40 Å². The zero-order chi connectivity index (χ0) is 14.9. The number of rotatable bonds is 4. The van der Waals surface area contributed by atoms with Crippen LogP contribution in [0.25, 0.3) is 0 Å². The van der Waals surface area contributed by atoms with Crippen LogP contribution in [0.2, 0.25) is 0 Å². The van der Waals surface area contributed by atoms with E-state index in [9.17, 15) is 8.42 Å². The molecule has 0 amide bonds. The highest BCUT2D eigenvalue weighted by atomic mass is 32.2. The number of H-pyrrole nitrogens is 1. The fraction of sp³-hybridized carbons (Fsp3) is 0.750. The lowest BCUT2D eigenvalue weighted by atomic mass is 10.3. The van der Waals surface area contributed by atoms with Gasteiger partial charge < -0.3 is 10.1 Å². The zero-order valence-corrected chi connectivity index (χ0v) is 13.1. The van der Waals surface area contributed by atoms with Crippen LogP contribution in [-0.4, -0.2) is 55.3 Å². The highest BCUT2D eigenvalue weighted by Crippen LogP contribution is 2.25. The topological polar surface area (TPSA) is 87.3 Å². The monoisotopic (exact) mass is 302 g/mol. The summed E-state index contributed by atoms with van der Waals surface area (Å²) in [4.78, 5) is 0.285. The molecule has 0 radical (unpaired) electrons. The number of nitrogens with zero attached hydrogens (tertiary/aromatic N) is 2. The van der Waals surface area contributed by atoms with Gasteiger partial charge in [0.25, 0.3) is 0 Å². The smallest absolute Gasteiger partial charge is 0.246 e. The summed E-state index contributed by atoms with van der Waals surface area (Å²) in [5.41, 5.74) is 1.10. The third kappa shape index (κ3) is 2.88. The molecule has 114 valence electrons. The van der Waals surface area contributed by atoms with E-state index in [4.69, 9.17) is 4.74 Å². The Labute approximate surface area is 119 Å². The maximum absolute atomic E-state index is 12.8. The first-order valence-electron chi connectivity index (χ1n) is 6.70. The number of nitrogens with one attached hydrogen (secondary N) is 2. The number of aryl methyl sites for hydroxylation is 1. The molecule has 1 fully saturated rings. The Morgan fingerprint density at radius 3 is 2.55 bits per heavy atom. The van der Waals surface area contributed by atoms with Crippen molar-refractivity contribution in [3.05, 3.63) is 11.4 Å². The van der Waals surface area contributed by atoms with Crippen LogP contribution in [-0.2, 0) is 21.3 Å². The van der Waals surface area contributed by atoms with E-state index >= 15 is 0 Å². The van der Waals surface area contributed by atoms with Crippen molar-refractivity contribution in [1.82, 2.24) is 19.8 Å². The van der Waals surface area contributed by atoms with Crippen LogP contribution in [0.5, 0.6) is 0 Å². The van der Waals surface area contributed by atoms with Crippen molar-refractivity contribution in [2.24, 2.45) is 0 Å². The molecule has 0 aliphatic carbocycles. The first-order valence-corrected chi connectivity index (χ1v) is 8.14. The molecule has 8 heteroatoms. The molecule has 1 saturated heterocycles. The van der Waals surface area contributed by atoms with Gasteiger partial charge in [-0.05, 0) is 27.8 Å². The third-order valence-electron chi connectivity index (χ3n) is 3.29. The van der Waals surface area contributed by atoms with Crippen LogP contribution in [0.3, 0.4) is 0 Å². The molecular formula is C12H22N4O3S. The Kier molecular flexibility index (Phi) is 4.48. The predicted octanol–water partition coefficient (Wildman–Crippen LogP) is 0.235. The van der Waals surface area contributed by atoms with Gasteiger partial charge in [0.2, 0.25) is 10.0 Å². The van der Waals surface area contributed by atoms with Gasteiger partial charge in [0, 0.05) is 19.6 Å². The van der Waals surface area contributed by atoms with Crippen LogP contribution in [0.4, 0.5) is 0 Å². The van der Waals surface area contributed by atoms with Crippen molar-refractivity contribution in [2.75, 3.05) is 20.1 Å². The fourth-order valence-corrected chi connectivity index (χ4v) is 4.47. The van der Waals surface area contributed by atoms with E-state index in [1.54, 1.807) is 14.0 Å². The summed E-state index contributed by atoms with van der Waals surface area (Å²) >= 11 is 0. The van der Waals surface area contributed by atoms with Gasteiger partial charge in [-0.1, -0.05) is 0 Å². The van der Waals surface area contributed by atoms with Gasteiger partial charge in [-0.15, -0.1) is 0 Å². The molecule has 2 unspecified atom stereocenters. The van der Waals surface area contributed by atoms with Crippen LogP contribution in [0, 0.1) is 6.92 Å². The summed E-state index contributed by atoms with van der Waals surface area (Å²) in [6, 6.07) is 0. The van der Waals surface area contributed by atoms with E-state index in [2.05, 4.69) is 15.5 Å². The molecule has 1 aliphatic heterocycles. The fourth-order valence-electron chi connectivity index (χ4n) is 2.55. The summed E-state index contributed by atoms with van der Waals surface area (Å²) < 4.78 is 32.8. The molecule has 2 rings (SSSR count). The Bertz CT molecular complexity index is 559. The lowest BCUT2D eigenvalue weighted by Crippen LogP contribution is -2.48. The molecule has 0 spiro atoms. The lowest BCUT2D eigenvalue weighted by molar-refractivity contribution is -0.0441. The van der Waals surface area contributed by atoms with Gasteiger partial charge in [-0.25, -0.2) is 8.42 Å². The third-order valence-corrected chi connectivity index (χ3v) is 5.33. The van der Waals surface area contributed by atoms with E-state index in [-0.39, 0.29) is 17.1 Å². The second-order valence-corrected chi connectivity index (χ2v) is 7.11. The molecule has 20 heavy (non-hydrogen) atoms. The number of hydrogen-bond acceptors (Lipinski definition) is 5. The van der Waals surface area contributed by atoms with Gasteiger partial charge in [0.05, 0.1) is 23.6 Å². The lowest BCUT2D eigenvalue weighted by Gasteiger charge is -2.34. The van der Waals surface area contributed by atoms with E-state index < -0.39 is 10.0 Å².